The van der Waals surface area contributed by atoms with Crippen molar-refractivity contribution >= 4 is 23.2 Å². The first kappa shape index (κ1) is 20.8. The maximum absolute atomic E-state index is 13.4. The molecule has 0 saturated carbocycles. The smallest absolute Gasteiger partial charge is 0.258 e. The number of nitrogens with one attached hydrogen (secondary N) is 1. The number of carbonyl (C=O) groups excluding carboxylic acids is 2. The number of benzene rings is 3. The lowest BCUT2D eigenvalue weighted by atomic mass is 10.1. The van der Waals surface area contributed by atoms with Crippen LogP contribution in [0.15, 0.2) is 85.1 Å². The van der Waals surface area contributed by atoms with Crippen LogP contribution in [0.4, 0.5) is 11.4 Å². The minimum Gasteiger partial charge on any atom is -0.322 e. The Morgan fingerprint density at radius 3 is 2.36 bits per heavy atom. The van der Waals surface area contributed by atoms with E-state index in [-0.39, 0.29) is 11.8 Å². The summed E-state index contributed by atoms with van der Waals surface area (Å²) in [6.45, 7) is 4.54. The third-order valence-corrected chi connectivity index (χ3v) is 6.12. The molecule has 3 aromatic carbocycles. The molecule has 0 radical (unpaired) electrons. The zero-order chi connectivity index (χ0) is 22.9. The minimum atomic E-state index is -0.157. The van der Waals surface area contributed by atoms with Crippen LogP contribution in [-0.4, -0.2) is 22.9 Å². The number of anilines is 2. The van der Waals surface area contributed by atoms with E-state index in [4.69, 9.17) is 0 Å². The fourth-order valence-corrected chi connectivity index (χ4v) is 4.43. The van der Waals surface area contributed by atoms with Gasteiger partial charge in [0.1, 0.15) is 0 Å². The summed E-state index contributed by atoms with van der Waals surface area (Å²) in [7, 11) is 0. The first-order valence-electron chi connectivity index (χ1n) is 11.1. The van der Waals surface area contributed by atoms with Gasteiger partial charge in [-0.1, -0.05) is 29.8 Å². The van der Waals surface area contributed by atoms with E-state index in [0.29, 0.717) is 23.4 Å². The van der Waals surface area contributed by atoms with Gasteiger partial charge >= 0.3 is 0 Å². The Labute approximate surface area is 193 Å². The summed E-state index contributed by atoms with van der Waals surface area (Å²) in [5.74, 6) is -0.213. The van der Waals surface area contributed by atoms with Crippen molar-refractivity contribution in [1.29, 1.82) is 0 Å². The van der Waals surface area contributed by atoms with Gasteiger partial charge in [0.2, 0.25) is 0 Å². The summed E-state index contributed by atoms with van der Waals surface area (Å²) in [5.41, 5.74) is 7.02. The summed E-state index contributed by atoms with van der Waals surface area (Å²) >= 11 is 0. The Morgan fingerprint density at radius 1 is 0.848 bits per heavy atom. The van der Waals surface area contributed by atoms with Crippen molar-refractivity contribution in [3.05, 3.63) is 113 Å². The van der Waals surface area contributed by atoms with E-state index < -0.39 is 0 Å². The third kappa shape index (κ3) is 3.94. The predicted octanol–water partition coefficient (Wildman–Crippen LogP) is 5.55. The molecule has 0 bridgehead atoms. The van der Waals surface area contributed by atoms with Crippen molar-refractivity contribution in [2.75, 3.05) is 16.8 Å². The molecule has 0 atom stereocenters. The fourth-order valence-electron chi connectivity index (χ4n) is 4.43. The van der Waals surface area contributed by atoms with Crippen LogP contribution in [-0.2, 0) is 6.42 Å². The molecule has 5 heteroatoms. The van der Waals surface area contributed by atoms with Gasteiger partial charge in [-0.05, 0) is 74.0 Å². The molecule has 1 aromatic heterocycles. The van der Waals surface area contributed by atoms with Gasteiger partial charge in [-0.2, -0.15) is 0 Å². The number of hydrogen-bond acceptors (Lipinski definition) is 2. The van der Waals surface area contributed by atoms with Gasteiger partial charge in [0.15, 0.2) is 0 Å². The van der Waals surface area contributed by atoms with Gasteiger partial charge in [0.05, 0.1) is 11.4 Å². The van der Waals surface area contributed by atoms with Crippen molar-refractivity contribution in [3.8, 4) is 5.69 Å². The maximum Gasteiger partial charge on any atom is 0.258 e. The fraction of sp³-hybridized carbons (Fsp3) is 0.143. The van der Waals surface area contributed by atoms with Crippen molar-refractivity contribution < 1.29 is 9.59 Å². The molecular formula is C28H25N3O2. The van der Waals surface area contributed by atoms with Crippen LogP contribution in [0.1, 0.15) is 37.5 Å². The molecule has 1 aliphatic heterocycles. The molecular weight excluding hydrogens is 410 g/mol. The number of carbonyl (C=O) groups is 2. The molecule has 0 saturated heterocycles. The highest BCUT2D eigenvalue weighted by atomic mass is 16.2. The van der Waals surface area contributed by atoms with Crippen LogP contribution >= 0.6 is 0 Å². The molecule has 4 aromatic rings. The van der Waals surface area contributed by atoms with Crippen LogP contribution in [0.3, 0.4) is 0 Å². The SMILES string of the molecule is Cc1ccc(C(=O)Nc2ccc(C(=O)N3CCc4cccn4-c4ccccc43)cc2)c(C)c1. The highest BCUT2D eigenvalue weighted by Gasteiger charge is 2.24. The molecule has 0 spiro atoms. The Bertz CT molecular complexity index is 1350. The summed E-state index contributed by atoms with van der Waals surface area (Å²) in [6, 6.07) is 25.0. The Kier molecular flexibility index (Phi) is 5.31. The standard InChI is InChI=1S/C28H25N3O2/c1-19-9-14-24(20(2)18-19)27(32)29-22-12-10-21(11-13-22)28(33)31-17-15-23-6-5-16-30(23)25-7-3-4-8-26(25)31/h3-14,16,18H,15,17H2,1-2H3,(H,29,32). The number of rotatable bonds is 3. The summed E-state index contributed by atoms with van der Waals surface area (Å²) in [6.07, 6.45) is 2.81. The molecule has 1 aliphatic rings. The lowest BCUT2D eigenvalue weighted by molar-refractivity contribution is 0.0986. The van der Waals surface area contributed by atoms with Gasteiger partial charge in [-0.15, -0.1) is 0 Å². The van der Waals surface area contributed by atoms with Crippen LogP contribution in [0.2, 0.25) is 0 Å². The zero-order valence-corrected chi connectivity index (χ0v) is 18.7. The van der Waals surface area contributed by atoms with Gasteiger partial charge < -0.3 is 14.8 Å². The highest BCUT2D eigenvalue weighted by molar-refractivity contribution is 6.08. The van der Waals surface area contributed by atoms with Crippen molar-refractivity contribution in [1.82, 2.24) is 4.57 Å². The molecule has 164 valence electrons. The zero-order valence-electron chi connectivity index (χ0n) is 18.7. The van der Waals surface area contributed by atoms with Crippen molar-refractivity contribution in [3.63, 3.8) is 0 Å². The monoisotopic (exact) mass is 435 g/mol. The number of hydrogen-bond donors (Lipinski definition) is 1. The number of para-hydroxylation sites is 2. The average Bonchev–Trinajstić information content (AvgIpc) is 3.22. The van der Waals surface area contributed by atoms with E-state index >= 15 is 0 Å². The number of aromatic nitrogens is 1. The second-order valence-electron chi connectivity index (χ2n) is 8.41. The van der Waals surface area contributed by atoms with Crippen LogP contribution in [0, 0.1) is 13.8 Å². The van der Waals surface area contributed by atoms with Crippen LogP contribution in [0.25, 0.3) is 5.69 Å². The number of nitrogens with zero attached hydrogens (tertiary/aromatic N) is 2. The van der Waals surface area contributed by atoms with E-state index in [1.807, 2.05) is 73.5 Å². The minimum absolute atomic E-state index is 0.0551. The third-order valence-electron chi connectivity index (χ3n) is 6.12. The molecule has 0 aliphatic carbocycles. The second-order valence-corrected chi connectivity index (χ2v) is 8.41. The molecule has 2 heterocycles. The summed E-state index contributed by atoms with van der Waals surface area (Å²) in [5, 5.41) is 2.93. The molecule has 1 N–H and O–H groups in total. The molecule has 0 unspecified atom stereocenters. The summed E-state index contributed by atoms with van der Waals surface area (Å²) < 4.78 is 2.15. The van der Waals surface area contributed by atoms with E-state index in [0.717, 1.165) is 28.9 Å². The first-order chi connectivity index (χ1) is 16.0. The lowest BCUT2D eigenvalue weighted by Crippen LogP contribution is -2.32. The Balaban J connectivity index is 1.37. The van der Waals surface area contributed by atoms with Crippen molar-refractivity contribution in [2.45, 2.75) is 20.3 Å². The molecule has 5 nitrogen and oxygen atoms in total. The van der Waals surface area contributed by atoms with E-state index in [1.54, 1.807) is 24.3 Å². The summed E-state index contributed by atoms with van der Waals surface area (Å²) in [4.78, 5) is 28.0. The Morgan fingerprint density at radius 2 is 1.61 bits per heavy atom. The molecule has 2 amide bonds. The van der Waals surface area contributed by atoms with E-state index in [2.05, 4.69) is 16.0 Å². The molecule has 33 heavy (non-hydrogen) atoms. The maximum atomic E-state index is 13.4. The molecule has 5 rings (SSSR count). The van der Waals surface area contributed by atoms with Gasteiger partial charge in [0, 0.05) is 41.7 Å². The molecule has 0 fully saturated rings. The normalized spacial score (nSPS) is 12.5. The number of fused-ring (bicyclic) bond motifs is 3. The quantitative estimate of drug-likeness (QED) is 0.459. The number of aryl methyl sites for hydroxylation is 2. The van der Waals surface area contributed by atoms with Crippen LogP contribution in [0.5, 0.6) is 0 Å². The van der Waals surface area contributed by atoms with Crippen LogP contribution < -0.4 is 10.2 Å². The second kappa shape index (κ2) is 8.43. The topological polar surface area (TPSA) is 54.3 Å². The largest absolute Gasteiger partial charge is 0.322 e. The highest BCUT2D eigenvalue weighted by Crippen LogP contribution is 2.30. The first-order valence-corrected chi connectivity index (χ1v) is 11.1. The lowest BCUT2D eigenvalue weighted by Gasteiger charge is -2.23. The van der Waals surface area contributed by atoms with Crippen molar-refractivity contribution in [2.24, 2.45) is 0 Å². The van der Waals surface area contributed by atoms with E-state index in [9.17, 15) is 9.59 Å². The number of amides is 2. The van der Waals surface area contributed by atoms with Gasteiger partial charge in [0.25, 0.3) is 11.8 Å². The average molecular weight is 436 g/mol. The van der Waals surface area contributed by atoms with E-state index in [1.165, 1.54) is 5.69 Å². The van der Waals surface area contributed by atoms with Gasteiger partial charge in [-0.3, -0.25) is 9.59 Å². The van der Waals surface area contributed by atoms with Gasteiger partial charge in [-0.25, -0.2) is 0 Å². The Hall–Kier alpha value is -4.12. The predicted molar refractivity (Wildman–Crippen MR) is 131 cm³/mol.